The second-order valence-electron chi connectivity index (χ2n) is 9.31. The molecule has 35 heavy (non-hydrogen) atoms. The Morgan fingerprint density at radius 3 is 2.23 bits per heavy atom. The zero-order chi connectivity index (χ0) is 25.7. The van der Waals surface area contributed by atoms with Crippen molar-refractivity contribution in [1.29, 1.82) is 0 Å². The van der Waals surface area contributed by atoms with Gasteiger partial charge in [-0.1, -0.05) is 29.3 Å². The second kappa shape index (κ2) is 11.3. The maximum atomic E-state index is 13.2. The molecule has 2 aromatic rings. The summed E-state index contributed by atoms with van der Waals surface area (Å²) in [4.78, 5) is 56.3. The number of piperazine rings is 1. The second-order valence-corrected chi connectivity index (χ2v) is 9.31. The van der Waals surface area contributed by atoms with Crippen molar-refractivity contribution in [2.24, 2.45) is 14.1 Å². The van der Waals surface area contributed by atoms with Crippen molar-refractivity contribution in [1.82, 2.24) is 18.9 Å². The van der Waals surface area contributed by atoms with E-state index in [1.54, 1.807) is 7.05 Å². The Morgan fingerprint density at radius 2 is 1.63 bits per heavy atom. The molecule has 1 fully saturated rings. The Labute approximate surface area is 205 Å². The molecule has 1 saturated heterocycles. The highest BCUT2D eigenvalue weighted by Gasteiger charge is 2.24. The molecule has 188 valence electrons. The van der Waals surface area contributed by atoms with Gasteiger partial charge in [0.1, 0.15) is 5.69 Å². The largest absolute Gasteiger partial charge is 0.336 e. The molecule has 9 heteroatoms. The maximum absolute atomic E-state index is 13.2. The SMILES string of the molecule is CC(C)=CCN(C(=O)CCN1CCN(C(=O)c2ccc(C)cc2)CC1)c1cn(C)c(=O)n(C)c1=O. The van der Waals surface area contributed by atoms with Gasteiger partial charge in [0.2, 0.25) is 5.91 Å². The quantitative estimate of drug-likeness (QED) is 0.560. The van der Waals surface area contributed by atoms with Gasteiger partial charge in [-0.3, -0.25) is 23.9 Å². The van der Waals surface area contributed by atoms with Crippen LogP contribution in [-0.2, 0) is 18.9 Å². The van der Waals surface area contributed by atoms with Crippen LogP contribution in [0.15, 0.2) is 51.7 Å². The van der Waals surface area contributed by atoms with Crippen molar-refractivity contribution in [2.45, 2.75) is 27.2 Å². The maximum Gasteiger partial charge on any atom is 0.330 e. The number of aromatic nitrogens is 2. The van der Waals surface area contributed by atoms with E-state index >= 15 is 0 Å². The molecule has 9 nitrogen and oxygen atoms in total. The molecule has 0 aliphatic carbocycles. The third kappa shape index (κ3) is 6.36. The first kappa shape index (κ1) is 26.2. The minimum absolute atomic E-state index is 0.0270. The van der Waals surface area contributed by atoms with Crippen molar-refractivity contribution in [2.75, 3.05) is 44.2 Å². The number of rotatable bonds is 7. The van der Waals surface area contributed by atoms with E-state index in [0.717, 1.165) is 15.7 Å². The van der Waals surface area contributed by atoms with E-state index in [0.29, 0.717) is 38.3 Å². The van der Waals surface area contributed by atoms with E-state index < -0.39 is 11.2 Å². The normalized spacial score (nSPS) is 14.0. The molecule has 3 rings (SSSR count). The minimum Gasteiger partial charge on any atom is -0.336 e. The zero-order valence-corrected chi connectivity index (χ0v) is 21.3. The fraction of sp³-hybridized carbons (Fsp3) is 0.462. The molecule has 0 unspecified atom stereocenters. The lowest BCUT2D eigenvalue weighted by molar-refractivity contribution is -0.118. The molecule has 0 saturated carbocycles. The average Bonchev–Trinajstić information content (AvgIpc) is 2.84. The lowest BCUT2D eigenvalue weighted by Crippen LogP contribution is -2.49. The molecule has 2 heterocycles. The Morgan fingerprint density at radius 1 is 1.00 bits per heavy atom. The summed E-state index contributed by atoms with van der Waals surface area (Å²) in [6, 6.07) is 7.59. The van der Waals surface area contributed by atoms with Crippen LogP contribution >= 0.6 is 0 Å². The molecule has 1 aliphatic heterocycles. The van der Waals surface area contributed by atoms with Gasteiger partial charge in [-0.05, 0) is 32.9 Å². The van der Waals surface area contributed by atoms with Gasteiger partial charge in [0.15, 0.2) is 0 Å². The molecule has 0 atom stereocenters. The summed E-state index contributed by atoms with van der Waals surface area (Å²) in [7, 11) is 2.97. The molecular formula is C26H35N5O4. The molecule has 1 aromatic carbocycles. The molecule has 0 bridgehead atoms. The van der Waals surface area contributed by atoms with E-state index in [9.17, 15) is 19.2 Å². The summed E-state index contributed by atoms with van der Waals surface area (Å²) in [5, 5.41) is 0. The summed E-state index contributed by atoms with van der Waals surface area (Å²) < 4.78 is 2.33. The predicted octanol–water partition coefficient (Wildman–Crippen LogP) is 1.54. The highest BCUT2D eigenvalue weighted by atomic mass is 16.2. The standard InChI is InChI=1S/C26H35N5O4/c1-19(2)10-13-31(22-18-27(4)26(35)28(5)25(22)34)23(32)11-12-29-14-16-30(17-15-29)24(33)21-8-6-20(3)7-9-21/h6-10,18H,11-17H2,1-5H3. The summed E-state index contributed by atoms with van der Waals surface area (Å²) in [5.41, 5.74) is 2.08. The van der Waals surface area contributed by atoms with Crippen molar-refractivity contribution < 1.29 is 9.59 Å². The number of carbonyl (C=O) groups excluding carboxylic acids is 2. The summed E-state index contributed by atoms with van der Waals surface area (Å²) in [5.74, 6) is -0.157. The summed E-state index contributed by atoms with van der Waals surface area (Å²) in [6.45, 7) is 9.20. The first-order valence-electron chi connectivity index (χ1n) is 11.9. The summed E-state index contributed by atoms with van der Waals surface area (Å²) >= 11 is 0. The topological polar surface area (TPSA) is 87.9 Å². The highest BCUT2D eigenvalue weighted by Crippen LogP contribution is 2.13. The van der Waals surface area contributed by atoms with Crippen LogP contribution in [0.1, 0.15) is 36.2 Å². The predicted molar refractivity (Wildman–Crippen MR) is 137 cm³/mol. The molecule has 0 spiro atoms. The lowest BCUT2D eigenvalue weighted by Gasteiger charge is -2.35. The number of aryl methyl sites for hydroxylation is 2. The van der Waals surface area contributed by atoms with Crippen LogP contribution in [0.5, 0.6) is 0 Å². The van der Waals surface area contributed by atoms with Crippen LogP contribution < -0.4 is 16.1 Å². The van der Waals surface area contributed by atoms with Gasteiger partial charge in [-0.2, -0.15) is 0 Å². The van der Waals surface area contributed by atoms with Crippen molar-refractivity contribution in [3.63, 3.8) is 0 Å². The van der Waals surface area contributed by atoms with Crippen molar-refractivity contribution in [3.05, 3.63) is 74.1 Å². The number of hydrogen-bond donors (Lipinski definition) is 0. The third-order valence-electron chi connectivity index (χ3n) is 6.30. The summed E-state index contributed by atoms with van der Waals surface area (Å²) in [6.07, 6.45) is 3.54. The Balaban J connectivity index is 1.64. The van der Waals surface area contributed by atoms with Gasteiger partial charge in [-0.15, -0.1) is 0 Å². The molecule has 0 N–H and O–H groups in total. The van der Waals surface area contributed by atoms with Gasteiger partial charge in [-0.25, -0.2) is 4.79 Å². The molecule has 1 aliphatic rings. The van der Waals surface area contributed by atoms with Gasteiger partial charge < -0.3 is 14.4 Å². The number of benzene rings is 1. The van der Waals surface area contributed by atoms with Crippen molar-refractivity contribution >= 4 is 17.5 Å². The van der Waals surface area contributed by atoms with Crippen LogP contribution in [0.4, 0.5) is 5.69 Å². The number of allylic oxidation sites excluding steroid dienone is 1. The molecule has 2 amide bonds. The Bertz CT molecular complexity index is 1210. The monoisotopic (exact) mass is 481 g/mol. The van der Waals surface area contributed by atoms with Gasteiger partial charge in [0.25, 0.3) is 11.5 Å². The number of nitrogens with zero attached hydrogens (tertiary/aromatic N) is 5. The van der Waals surface area contributed by atoms with Crippen LogP contribution in [-0.4, -0.2) is 70.0 Å². The van der Waals surface area contributed by atoms with E-state index in [-0.39, 0.29) is 30.5 Å². The molecular weight excluding hydrogens is 446 g/mol. The smallest absolute Gasteiger partial charge is 0.330 e. The van der Waals surface area contributed by atoms with E-state index in [1.165, 1.54) is 22.7 Å². The van der Waals surface area contributed by atoms with Crippen LogP contribution in [0.3, 0.4) is 0 Å². The number of carbonyl (C=O) groups is 2. The number of hydrogen-bond acceptors (Lipinski definition) is 5. The lowest BCUT2D eigenvalue weighted by atomic mass is 10.1. The van der Waals surface area contributed by atoms with Gasteiger partial charge >= 0.3 is 5.69 Å². The highest BCUT2D eigenvalue weighted by molar-refractivity contribution is 5.94. The van der Waals surface area contributed by atoms with Gasteiger partial charge in [0.05, 0.1) is 0 Å². The third-order valence-corrected chi connectivity index (χ3v) is 6.30. The van der Waals surface area contributed by atoms with E-state index in [4.69, 9.17) is 0 Å². The molecule has 1 aromatic heterocycles. The fourth-order valence-corrected chi connectivity index (χ4v) is 4.02. The number of amides is 2. The first-order chi connectivity index (χ1) is 16.6. The Kier molecular flexibility index (Phi) is 8.45. The van der Waals surface area contributed by atoms with Crippen molar-refractivity contribution in [3.8, 4) is 0 Å². The average molecular weight is 482 g/mol. The number of anilines is 1. The van der Waals surface area contributed by atoms with E-state index in [2.05, 4.69) is 4.90 Å². The van der Waals surface area contributed by atoms with Crippen LogP contribution in [0.25, 0.3) is 0 Å². The van der Waals surface area contributed by atoms with Crippen LogP contribution in [0.2, 0.25) is 0 Å². The zero-order valence-electron chi connectivity index (χ0n) is 21.3. The molecule has 0 radical (unpaired) electrons. The van der Waals surface area contributed by atoms with Gasteiger partial charge in [0, 0.05) is 71.5 Å². The first-order valence-corrected chi connectivity index (χ1v) is 11.9. The minimum atomic E-state index is -0.494. The van der Waals surface area contributed by atoms with Crippen LogP contribution in [0, 0.1) is 6.92 Å². The fourth-order valence-electron chi connectivity index (χ4n) is 4.02. The van der Waals surface area contributed by atoms with E-state index in [1.807, 2.05) is 56.0 Å². The Hall–Kier alpha value is -3.46.